The average Bonchev–Trinajstić information content (AvgIpc) is 3.36. The van der Waals surface area contributed by atoms with Crippen molar-refractivity contribution in [3.63, 3.8) is 0 Å². The second-order valence-corrected chi connectivity index (χ2v) is 6.68. The molecule has 1 aromatic carbocycles. The summed E-state index contributed by atoms with van der Waals surface area (Å²) < 4.78 is 13.3. The molecule has 0 bridgehead atoms. The molecule has 25 heavy (non-hydrogen) atoms. The first-order valence-corrected chi connectivity index (χ1v) is 8.66. The van der Waals surface area contributed by atoms with E-state index >= 15 is 0 Å². The van der Waals surface area contributed by atoms with Gasteiger partial charge in [-0.2, -0.15) is 0 Å². The number of urea groups is 1. The molecular formula is C18H22FN3O3. The number of carbonyl (C=O) groups is 3. The molecule has 0 radical (unpaired) electrons. The third-order valence-corrected chi connectivity index (χ3v) is 4.66. The van der Waals surface area contributed by atoms with Gasteiger partial charge in [0.2, 0.25) is 5.91 Å². The monoisotopic (exact) mass is 347 g/mol. The zero-order valence-electron chi connectivity index (χ0n) is 14.2. The highest BCUT2D eigenvalue weighted by Gasteiger charge is 2.52. The molecule has 1 aromatic rings. The molecule has 2 N–H and O–H groups in total. The predicted molar refractivity (Wildman–Crippen MR) is 89.0 cm³/mol. The number of nitrogens with one attached hydrogen (secondary N) is 2. The van der Waals surface area contributed by atoms with Crippen LogP contribution in [0.5, 0.6) is 0 Å². The van der Waals surface area contributed by atoms with E-state index in [9.17, 15) is 18.8 Å². The average molecular weight is 347 g/mol. The van der Waals surface area contributed by atoms with Crippen LogP contribution in [0.1, 0.15) is 44.6 Å². The molecule has 3 rings (SSSR count). The molecule has 7 heteroatoms. The molecule has 1 aliphatic heterocycles. The van der Waals surface area contributed by atoms with Gasteiger partial charge in [-0.25, -0.2) is 9.18 Å². The lowest BCUT2D eigenvalue weighted by atomic mass is 9.85. The third-order valence-electron chi connectivity index (χ3n) is 4.66. The second kappa shape index (κ2) is 6.82. The SMILES string of the molecule is CCCCC1(c2ccc(F)cc2)NC(=O)N(CC(=O)NC2CC2)C1=O. The smallest absolute Gasteiger partial charge is 0.325 e. The van der Waals surface area contributed by atoms with Crippen molar-refractivity contribution in [3.05, 3.63) is 35.6 Å². The van der Waals surface area contributed by atoms with Crippen molar-refractivity contribution in [2.75, 3.05) is 6.54 Å². The summed E-state index contributed by atoms with van der Waals surface area (Å²) >= 11 is 0. The quantitative estimate of drug-likeness (QED) is 0.741. The Morgan fingerprint density at radius 2 is 2.00 bits per heavy atom. The molecule has 1 aliphatic carbocycles. The van der Waals surface area contributed by atoms with Crippen molar-refractivity contribution in [2.45, 2.75) is 50.6 Å². The van der Waals surface area contributed by atoms with E-state index in [1.165, 1.54) is 24.3 Å². The summed E-state index contributed by atoms with van der Waals surface area (Å²) in [6.45, 7) is 1.69. The summed E-state index contributed by atoms with van der Waals surface area (Å²) in [6, 6.07) is 5.13. The minimum absolute atomic E-state index is 0.162. The van der Waals surface area contributed by atoms with Crippen LogP contribution in [0.4, 0.5) is 9.18 Å². The molecule has 1 atom stereocenters. The first-order valence-electron chi connectivity index (χ1n) is 8.66. The summed E-state index contributed by atoms with van der Waals surface area (Å²) in [5.41, 5.74) is -0.702. The molecule has 1 saturated heterocycles. The number of hydrogen-bond donors (Lipinski definition) is 2. The highest BCUT2D eigenvalue weighted by molar-refractivity contribution is 6.09. The molecule has 134 valence electrons. The molecule has 1 saturated carbocycles. The van der Waals surface area contributed by atoms with E-state index < -0.39 is 23.3 Å². The van der Waals surface area contributed by atoms with Gasteiger partial charge in [-0.05, 0) is 37.0 Å². The number of nitrogens with zero attached hydrogens (tertiary/aromatic N) is 1. The summed E-state index contributed by atoms with van der Waals surface area (Å²) in [5, 5.41) is 5.52. The minimum Gasteiger partial charge on any atom is -0.352 e. The Balaban J connectivity index is 1.84. The Kier molecular flexibility index (Phi) is 4.74. The molecular weight excluding hydrogens is 325 g/mol. The maximum absolute atomic E-state index is 13.3. The normalized spacial score (nSPS) is 22.9. The molecule has 0 aromatic heterocycles. The molecule has 6 nitrogen and oxygen atoms in total. The van der Waals surface area contributed by atoms with Crippen LogP contribution in [0.2, 0.25) is 0 Å². The number of benzene rings is 1. The van der Waals surface area contributed by atoms with Crippen LogP contribution in [0, 0.1) is 5.82 Å². The van der Waals surface area contributed by atoms with Gasteiger partial charge >= 0.3 is 6.03 Å². The summed E-state index contributed by atoms with van der Waals surface area (Å²) in [6.07, 6.45) is 3.82. The van der Waals surface area contributed by atoms with Gasteiger partial charge in [0.05, 0.1) is 0 Å². The van der Waals surface area contributed by atoms with E-state index in [1.807, 2.05) is 6.92 Å². The Bertz CT molecular complexity index is 687. The van der Waals surface area contributed by atoms with Crippen molar-refractivity contribution in [1.29, 1.82) is 0 Å². The molecule has 1 unspecified atom stereocenters. The molecule has 2 fully saturated rings. The van der Waals surface area contributed by atoms with Crippen molar-refractivity contribution in [2.24, 2.45) is 0 Å². The van der Waals surface area contributed by atoms with Gasteiger partial charge in [0.15, 0.2) is 0 Å². The number of unbranched alkanes of at least 4 members (excludes halogenated alkanes) is 1. The van der Waals surface area contributed by atoms with Gasteiger partial charge in [0, 0.05) is 6.04 Å². The first kappa shape index (κ1) is 17.4. The van der Waals surface area contributed by atoms with Gasteiger partial charge < -0.3 is 10.6 Å². The molecule has 2 aliphatic rings. The van der Waals surface area contributed by atoms with Crippen LogP contribution in [-0.4, -0.2) is 35.3 Å². The van der Waals surface area contributed by atoms with E-state index in [0.717, 1.165) is 24.2 Å². The molecule has 4 amide bonds. The van der Waals surface area contributed by atoms with Gasteiger partial charge in [-0.3, -0.25) is 14.5 Å². The lowest BCUT2D eigenvalue weighted by Crippen LogP contribution is -2.45. The topological polar surface area (TPSA) is 78.5 Å². The number of carbonyl (C=O) groups excluding carboxylic acids is 3. The van der Waals surface area contributed by atoms with Crippen LogP contribution in [0.15, 0.2) is 24.3 Å². The van der Waals surface area contributed by atoms with Crippen molar-refractivity contribution >= 4 is 17.8 Å². The summed E-state index contributed by atoms with van der Waals surface area (Å²) in [5.74, 6) is -1.20. The fourth-order valence-corrected chi connectivity index (χ4v) is 3.10. The summed E-state index contributed by atoms with van der Waals surface area (Å²) in [7, 11) is 0. The first-order chi connectivity index (χ1) is 12.0. The predicted octanol–water partition coefficient (Wildman–Crippen LogP) is 2.04. The van der Waals surface area contributed by atoms with Gasteiger partial charge in [-0.1, -0.05) is 31.9 Å². The van der Waals surface area contributed by atoms with Crippen LogP contribution in [0.3, 0.4) is 0 Å². The van der Waals surface area contributed by atoms with E-state index in [4.69, 9.17) is 0 Å². The standard InChI is InChI=1S/C18H22FN3O3/c1-2-3-10-18(12-4-6-13(19)7-5-12)16(24)22(17(25)21-18)11-15(23)20-14-8-9-14/h4-7,14H,2-3,8-11H2,1H3,(H,20,23)(H,21,25). The number of rotatable bonds is 7. The maximum Gasteiger partial charge on any atom is 0.325 e. The van der Waals surface area contributed by atoms with Crippen LogP contribution in [0.25, 0.3) is 0 Å². The van der Waals surface area contributed by atoms with Crippen molar-refractivity contribution < 1.29 is 18.8 Å². The lowest BCUT2D eigenvalue weighted by molar-refractivity contribution is -0.135. The largest absolute Gasteiger partial charge is 0.352 e. The van der Waals surface area contributed by atoms with Gasteiger partial charge in [-0.15, -0.1) is 0 Å². The highest BCUT2D eigenvalue weighted by atomic mass is 19.1. The maximum atomic E-state index is 13.3. The Hall–Kier alpha value is -2.44. The fraction of sp³-hybridized carbons (Fsp3) is 0.500. The Morgan fingerprint density at radius 3 is 2.60 bits per heavy atom. The van der Waals surface area contributed by atoms with Gasteiger partial charge in [0.1, 0.15) is 17.9 Å². The lowest BCUT2D eigenvalue weighted by Gasteiger charge is -2.27. The number of imide groups is 1. The van der Waals surface area contributed by atoms with E-state index in [-0.39, 0.29) is 18.5 Å². The van der Waals surface area contributed by atoms with E-state index in [1.54, 1.807) is 0 Å². The van der Waals surface area contributed by atoms with Crippen LogP contribution in [-0.2, 0) is 15.1 Å². The van der Waals surface area contributed by atoms with Crippen LogP contribution >= 0.6 is 0 Å². The van der Waals surface area contributed by atoms with E-state index in [2.05, 4.69) is 10.6 Å². The van der Waals surface area contributed by atoms with Crippen LogP contribution < -0.4 is 10.6 Å². The Labute approximate surface area is 145 Å². The molecule has 1 heterocycles. The zero-order chi connectivity index (χ0) is 18.0. The number of amides is 4. The zero-order valence-corrected chi connectivity index (χ0v) is 14.2. The van der Waals surface area contributed by atoms with E-state index in [0.29, 0.717) is 18.4 Å². The summed E-state index contributed by atoms with van der Waals surface area (Å²) in [4.78, 5) is 38.4. The number of halogens is 1. The second-order valence-electron chi connectivity index (χ2n) is 6.68. The number of hydrogen-bond acceptors (Lipinski definition) is 3. The van der Waals surface area contributed by atoms with Crippen molar-refractivity contribution in [3.8, 4) is 0 Å². The minimum atomic E-state index is -1.24. The fourth-order valence-electron chi connectivity index (χ4n) is 3.10. The van der Waals surface area contributed by atoms with Gasteiger partial charge in [0.25, 0.3) is 5.91 Å². The Morgan fingerprint density at radius 1 is 1.32 bits per heavy atom. The molecule has 0 spiro atoms. The van der Waals surface area contributed by atoms with Crippen molar-refractivity contribution in [1.82, 2.24) is 15.5 Å². The highest BCUT2D eigenvalue weighted by Crippen LogP contribution is 2.34. The third kappa shape index (κ3) is 3.50.